The number of carboxylic acid groups (broad SMARTS) is 1. The third kappa shape index (κ3) is 4.79. The number of amides is 1. The molecule has 1 amide bonds. The number of carboxylic acids is 1. The van der Waals surface area contributed by atoms with Crippen LogP contribution in [-0.2, 0) is 9.59 Å². The van der Waals surface area contributed by atoms with Gasteiger partial charge >= 0.3 is 5.97 Å². The topological polar surface area (TPSA) is 127 Å². The van der Waals surface area contributed by atoms with Crippen molar-refractivity contribution in [1.82, 2.24) is 20.4 Å². The van der Waals surface area contributed by atoms with Crippen molar-refractivity contribution in [3.63, 3.8) is 0 Å². The number of fused-ring (bicyclic) bond motifs is 1. The van der Waals surface area contributed by atoms with Gasteiger partial charge < -0.3 is 24.4 Å². The molecule has 0 aliphatic carbocycles. The molecular formula is C21H26N4O6. The summed E-state index contributed by atoms with van der Waals surface area (Å²) in [5.41, 5.74) is 0.164. The monoisotopic (exact) mass is 430 g/mol. The number of ether oxygens (including phenoxy) is 2. The highest BCUT2D eigenvalue weighted by Gasteiger charge is 2.36. The van der Waals surface area contributed by atoms with Crippen LogP contribution >= 0.6 is 0 Å². The maximum Gasteiger partial charge on any atom is 0.303 e. The van der Waals surface area contributed by atoms with Crippen molar-refractivity contribution >= 4 is 11.9 Å². The van der Waals surface area contributed by atoms with Crippen LogP contribution in [0.4, 0.5) is 0 Å². The summed E-state index contributed by atoms with van der Waals surface area (Å²) >= 11 is 0. The Labute approximate surface area is 179 Å². The van der Waals surface area contributed by atoms with Crippen molar-refractivity contribution in [1.29, 1.82) is 0 Å². The van der Waals surface area contributed by atoms with Crippen molar-refractivity contribution < 1.29 is 28.7 Å². The Kier molecular flexibility index (Phi) is 5.57. The SMILES string of the molecule is CN1C[C@H](NC(=O)CC(C)(C)CC(=O)O)C[C@H]1c1nc(-c2ccc3c(c2)OCO3)no1. The number of likely N-dealkylation sites (N-methyl/N-ethyl adjacent to an activating group) is 1. The smallest absolute Gasteiger partial charge is 0.303 e. The maximum atomic E-state index is 12.4. The molecule has 2 N–H and O–H groups in total. The van der Waals surface area contributed by atoms with E-state index in [0.717, 1.165) is 5.56 Å². The lowest BCUT2D eigenvalue weighted by Gasteiger charge is -2.22. The fraction of sp³-hybridized carbons (Fsp3) is 0.524. The molecule has 166 valence electrons. The molecule has 2 aromatic rings. The van der Waals surface area contributed by atoms with Gasteiger partial charge in [0.25, 0.3) is 0 Å². The number of aliphatic carboxylic acids is 1. The van der Waals surface area contributed by atoms with Gasteiger partial charge in [0.05, 0.1) is 12.5 Å². The minimum absolute atomic E-state index is 0.0573. The van der Waals surface area contributed by atoms with Crippen LogP contribution in [0, 0.1) is 5.41 Å². The number of aromatic nitrogens is 2. The second-order valence-electron chi connectivity index (χ2n) is 8.89. The van der Waals surface area contributed by atoms with Crippen LogP contribution in [0.25, 0.3) is 11.4 Å². The van der Waals surface area contributed by atoms with Crippen molar-refractivity contribution in [3.05, 3.63) is 24.1 Å². The summed E-state index contributed by atoms with van der Waals surface area (Å²) < 4.78 is 16.2. The Hall–Kier alpha value is -3.14. The van der Waals surface area contributed by atoms with Gasteiger partial charge in [-0.3, -0.25) is 14.5 Å². The second-order valence-corrected chi connectivity index (χ2v) is 8.89. The highest BCUT2D eigenvalue weighted by molar-refractivity contribution is 5.78. The second kappa shape index (κ2) is 8.18. The fourth-order valence-corrected chi connectivity index (χ4v) is 4.10. The standard InChI is InChI=1S/C21H26N4O6/c1-21(2,9-18(27)28)8-17(26)22-13-7-14(25(3)10-13)20-23-19(24-31-20)12-4-5-15-16(6-12)30-11-29-15/h4-6,13-14H,7-11H2,1-3H3,(H,22,26)(H,27,28)/t13-,14+/m1/s1. The van der Waals surface area contributed by atoms with E-state index in [2.05, 4.69) is 20.4 Å². The van der Waals surface area contributed by atoms with Crippen LogP contribution in [0.3, 0.4) is 0 Å². The first-order valence-electron chi connectivity index (χ1n) is 10.2. The summed E-state index contributed by atoms with van der Waals surface area (Å²) in [4.78, 5) is 30.0. The third-order valence-electron chi connectivity index (χ3n) is 5.54. The molecule has 2 aliphatic rings. The largest absolute Gasteiger partial charge is 0.481 e. The van der Waals surface area contributed by atoms with Crippen molar-refractivity contribution in [2.75, 3.05) is 20.4 Å². The first-order valence-corrected chi connectivity index (χ1v) is 10.2. The van der Waals surface area contributed by atoms with E-state index in [-0.39, 0.29) is 37.6 Å². The van der Waals surface area contributed by atoms with Gasteiger partial charge in [-0.15, -0.1) is 0 Å². The molecule has 0 saturated carbocycles. The zero-order chi connectivity index (χ0) is 22.2. The fourth-order valence-electron chi connectivity index (χ4n) is 4.10. The zero-order valence-corrected chi connectivity index (χ0v) is 17.8. The first-order chi connectivity index (χ1) is 14.7. The lowest BCUT2D eigenvalue weighted by Crippen LogP contribution is -2.38. The molecular weight excluding hydrogens is 404 g/mol. The van der Waals surface area contributed by atoms with Gasteiger partial charge in [-0.25, -0.2) is 0 Å². The number of carbonyl (C=O) groups excluding carboxylic acids is 1. The highest BCUT2D eigenvalue weighted by atomic mass is 16.7. The Morgan fingerprint density at radius 1 is 1.26 bits per heavy atom. The normalized spacial score (nSPS) is 20.7. The molecule has 0 radical (unpaired) electrons. The molecule has 10 nitrogen and oxygen atoms in total. The molecule has 1 aromatic heterocycles. The van der Waals surface area contributed by atoms with Gasteiger partial charge in [0.1, 0.15) is 0 Å². The number of benzene rings is 1. The molecule has 0 bridgehead atoms. The Bertz CT molecular complexity index is 988. The van der Waals surface area contributed by atoms with Gasteiger partial charge in [-0.05, 0) is 37.1 Å². The number of nitrogens with zero attached hydrogens (tertiary/aromatic N) is 3. The summed E-state index contributed by atoms with van der Waals surface area (Å²) in [6.45, 7) is 4.39. The third-order valence-corrected chi connectivity index (χ3v) is 5.54. The van der Waals surface area contributed by atoms with Gasteiger partial charge in [0.15, 0.2) is 11.5 Å². The number of rotatable bonds is 7. The van der Waals surface area contributed by atoms with Gasteiger partial charge in [0.2, 0.25) is 24.4 Å². The molecule has 0 unspecified atom stereocenters. The molecule has 4 rings (SSSR count). The van der Waals surface area contributed by atoms with Crippen LogP contribution in [0.15, 0.2) is 22.7 Å². The van der Waals surface area contributed by atoms with Gasteiger partial charge in [0, 0.05) is 24.6 Å². The maximum absolute atomic E-state index is 12.4. The van der Waals surface area contributed by atoms with Crippen molar-refractivity contribution in [2.24, 2.45) is 5.41 Å². The lowest BCUT2D eigenvalue weighted by molar-refractivity contribution is -0.139. The molecule has 3 heterocycles. The van der Waals surface area contributed by atoms with Crippen LogP contribution < -0.4 is 14.8 Å². The number of hydrogen-bond acceptors (Lipinski definition) is 8. The molecule has 10 heteroatoms. The van der Waals surface area contributed by atoms with Crippen molar-refractivity contribution in [2.45, 2.75) is 45.2 Å². The lowest BCUT2D eigenvalue weighted by atomic mass is 9.85. The van der Waals surface area contributed by atoms with E-state index in [0.29, 0.717) is 36.2 Å². The summed E-state index contributed by atoms with van der Waals surface area (Å²) in [6, 6.07) is 5.28. The summed E-state index contributed by atoms with van der Waals surface area (Å²) in [5, 5.41) is 16.1. The van der Waals surface area contributed by atoms with E-state index >= 15 is 0 Å². The van der Waals surface area contributed by atoms with Crippen LogP contribution in [0.2, 0.25) is 0 Å². The average molecular weight is 430 g/mol. The minimum Gasteiger partial charge on any atom is -0.481 e. The molecule has 1 fully saturated rings. The van der Waals surface area contributed by atoms with E-state index in [4.69, 9.17) is 19.1 Å². The zero-order valence-electron chi connectivity index (χ0n) is 17.8. The number of likely N-dealkylation sites (tertiary alicyclic amines) is 1. The Morgan fingerprint density at radius 3 is 2.81 bits per heavy atom. The summed E-state index contributed by atoms with van der Waals surface area (Å²) in [6.07, 6.45) is 0.724. The number of carbonyl (C=O) groups is 2. The van der Waals surface area contributed by atoms with E-state index in [1.54, 1.807) is 13.8 Å². The molecule has 1 aromatic carbocycles. The van der Waals surface area contributed by atoms with E-state index in [1.807, 2.05) is 25.2 Å². The predicted molar refractivity (Wildman–Crippen MR) is 108 cm³/mol. The average Bonchev–Trinajstić information content (AvgIpc) is 3.38. The van der Waals surface area contributed by atoms with E-state index < -0.39 is 11.4 Å². The molecule has 31 heavy (non-hydrogen) atoms. The van der Waals surface area contributed by atoms with Crippen LogP contribution in [0.5, 0.6) is 11.5 Å². The van der Waals surface area contributed by atoms with E-state index in [9.17, 15) is 9.59 Å². The quantitative estimate of drug-likeness (QED) is 0.679. The van der Waals surface area contributed by atoms with Crippen LogP contribution in [0.1, 0.15) is 45.0 Å². The van der Waals surface area contributed by atoms with Crippen molar-refractivity contribution in [3.8, 4) is 22.9 Å². The summed E-state index contributed by atoms with van der Waals surface area (Å²) in [7, 11) is 1.94. The summed E-state index contributed by atoms with van der Waals surface area (Å²) in [5.74, 6) is 1.22. The van der Waals surface area contributed by atoms with Crippen LogP contribution in [-0.4, -0.2) is 58.5 Å². The van der Waals surface area contributed by atoms with Gasteiger partial charge in [-0.1, -0.05) is 19.0 Å². The van der Waals surface area contributed by atoms with E-state index in [1.165, 1.54) is 0 Å². The number of nitrogens with one attached hydrogen (secondary N) is 1. The Morgan fingerprint density at radius 2 is 2.03 bits per heavy atom. The first kappa shape index (κ1) is 21.1. The molecule has 2 aliphatic heterocycles. The highest BCUT2D eigenvalue weighted by Crippen LogP contribution is 2.36. The molecule has 2 atom stereocenters. The Balaban J connectivity index is 1.38. The minimum atomic E-state index is -0.909. The molecule has 1 saturated heterocycles. The predicted octanol–water partition coefficient (Wildman–Crippen LogP) is 2.22. The number of hydrogen-bond donors (Lipinski definition) is 2. The molecule has 0 spiro atoms. The van der Waals surface area contributed by atoms with Gasteiger partial charge in [-0.2, -0.15) is 4.98 Å².